The topological polar surface area (TPSA) is 91.8 Å². The largest absolute Gasteiger partial charge is 0.481 e. The second kappa shape index (κ2) is 3.44. The molecule has 1 aliphatic rings. The average molecular weight is 249 g/mol. The maximum absolute atomic E-state index is 11.8. The van der Waals surface area contributed by atoms with Crippen molar-refractivity contribution >= 4 is 21.9 Å². The predicted octanol–water partition coefficient (Wildman–Crippen LogP) is 0.0462. The molecule has 1 saturated heterocycles. The van der Waals surface area contributed by atoms with Gasteiger partial charge in [0.05, 0.1) is 12.0 Å². The van der Waals surface area contributed by atoms with E-state index in [-0.39, 0.29) is 0 Å². The fourth-order valence-electron chi connectivity index (χ4n) is 1.50. The fraction of sp³-hybridized carbons (Fsp3) is 0.778. The summed E-state index contributed by atoms with van der Waals surface area (Å²) < 4.78 is 22.8. The van der Waals surface area contributed by atoms with E-state index in [1.807, 2.05) is 0 Å². The molecule has 1 rings (SSSR count). The Labute approximate surface area is 94.3 Å². The van der Waals surface area contributed by atoms with Gasteiger partial charge in [-0.2, -0.15) is 0 Å². The van der Waals surface area contributed by atoms with Gasteiger partial charge < -0.3 is 5.11 Å². The van der Waals surface area contributed by atoms with Crippen LogP contribution in [0.4, 0.5) is 0 Å². The highest BCUT2D eigenvalue weighted by molar-refractivity contribution is 7.94. The van der Waals surface area contributed by atoms with Gasteiger partial charge in [0.1, 0.15) is 0 Å². The van der Waals surface area contributed by atoms with Gasteiger partial charge in [0.2, 0.25) is 0 Å². The van der Waals surface area contributed by atoms with E-state index in [0.717, 1.165) is 0 Å². The summed E-state index contributed by atoms with van der Waals surface area (Å²) in [6.07, 6.45) is 0. The minimum atomic E-state index is -3.71. The smallest absolute Gasteiger partial charge is 0.308 e. The zero-order chi connectivity index (χ0) is 12.9. The van der Waals surface area contributed by atoms with Crippen LogP contribution in [-0.4, -0.2) is 40.5 Å². The Kier molecular flexibility index (Phi) is 2.79. The molecule has 0 radical (unpaired) electrons. The Morgan fingerprint density at radius 2 is 1.81 bits per heavy atom. The molecule has 0 bridgehead atoms. The maximum Gasteiger partial charge on any atom is 0.308 e. The molecule has 0 spiro atoms. The Morgan fingerprint density at radius 3 is 2.12 bits per heavy atom. The summed E-state index contributed by atoms with van der Waals surface area (Å²) in [7, 11) is -3.71. The molecule has 16 heavy (non-hydrogen) atoms. The molecule has 2 atom stereocenters. The van der Waals surface area contributed by atoms with Crippen LogP contribution >= 0.6 is 0 Å². The van der Waals surface area contributed by atoms with Gasteiger partial charge in [-0.1, -0.05) is 0 Å². The van der Waals surface area contributed by atoms with Crippen molar-refractivity contribution in [2.45, 2.75) is 38.5 Å². The van der Waals surface area contributed by atoms with E-state index in [9.17, 15) is 18.0 Å². The second-order valence-electron chi connectivity index (χ2n) is 4.48. The van der Waals surface area contributed by atoms with E-state index < -0.39 is 38.6 Å². The van der Waals surface area contributed by atoms with Crippen molar-refractivity contribution in [1.29, 1.82) is 0 Å². The number of amides is 1. The van der Waals surface area contributed by atoms with Crippen LogP contribution in [0.1, 0.15) is 27.7 Å². The summed E-state index contributed by atoms with van der Waals surface area (Å²) >= 11 is 0. The lowest BCUT2D eigenvalue weighted by Crippen LogP contribution is -2.70. The first-order chi connectivity index (χ1) is 7.05. The molecule has 0 saturated carbocycles. The lowest BCUT2D eigenvalue weighted by molar-refractivity contribution is -0.144. The third-order valence-corrected chi connectivity index (χ3v) is 5.58. The van der Waals surface area contributed by atoms with Gasteiger partial charge in [-0.15, -0.1) is 0 Å². The highest BCUT2D eigenvalue weighted by Gasteiger charge is 2.62. The summed E-state index contributed by atoms with van der Waals surface area (Å²) in [5.41, 5.74) is 0. The zero-order valence-electron chi connectivity index (χ0n) is 9.59. The first kappa shape index (κ1) is 13.0. The average Bonchev–Trinajstić information content (AvgIpc) is 2.15. The number of sulfonamides is 1. The number of hydrogen-bond acceptors (Lipinski definition) is 4. The van der Waals surface area contributed by atoms with E-state index in [4.69, 9.17) is 5.11 Å². The summed E-state index contributed by atoms with van der Waals surface area (Å²) in [6, 6.07) is -0.858. The fourth-order valence-corrected chi connectivity index (χ4v) is 3.25. The number of rotatable bonds is 3. The van der Waals surface area contributed by atoms with Gasteiger partial charge >= 0.3 is 5.97 Å². The number of hydrogen-bond donors (Lipinski definition) is 1. The second-order valence-corrected chi connectivity index (χ2v) is 6.85. The molecule has 0 aromatic carbocycles. The van der Waals surface area contributed by atoms with E-state index >= 15 is 0 Å². The van der Waals surface area contributed by atoms with Crippen molar-refractivity contribution in [3.05, 3.63) is 0 Å². The number of carbonyl (C=O) groups excluding carboxylic acids is 1. The van der Waals surface area contributed by atoms with Gasteiger partial charge in [0, 0.05) is 0 Å². The lowest BCUT2D eigenvalue weighted by Gasteiger charge is -2.46. The minimum Gasteiger partial charge on any atom is -0.481 e. The molecular weight excluding hydrogens is 234 g/mol. The van der Waals surface area contributed by atoms with Gasteiger partial charge in [0.15, 0.2) is 4.75 Å². The molecule has 0 aliphatic carbocycles. The summed E-state index contributed by atoms with van der Waals surface area (Å²) in [5.74, 6) is -2.59. The number of carboxylic acid groups (broad SMARTS) is 1. The van der Waals surface area contributed by atoms with Crippen LogP contribution in [0.3, 0.4) is 0 Å². The Balaban J connectivity index is 3.03. The molecule has 6 nitrogen and oxygen atoms in total. The third kappa shape index (κ3) is 1.41. The molecule has 0 aromatic rings. The number of aliphatic carboxylic acids is 1. The Morgan fingerprint density at radius 1 is 1.38 bits per heavy atom. The first-order valence-electron chi connectivity index (χ1n) is 4.86. The van der Waals surface area contributed by atoms with E-state index in [1.165, 1.54) is 27.7 Å². The van der Waals surface area contributed by atoms with Gasteiger partial charge in [-0.3, -0.25) is 9.59 Å². The highest BCUT2D eigenvalue weighted by atomic mass is 32.2. The van der Waals surface area contributed by atoms with Crippen LogP contribution in [0, 0.1) is 5.92 Å². The van der Waals surface area contributed by atoms with Crippen molar-refractivity contribution < 1.29 is 23.1 Å². The van der Waals surface area contributed by atoms with Crippen LogP contribution in [-0.2, 0) is 19.6 Å². The molecule has 7 heteroatoms. The molecule has 2 unspecified atom stereocenters. The molecule has 1 N–H and O–H groups in total. The van der Waals surface area contributed by atoms with Crippen LogP contribution in [0.2, 0.25) is 0 Å². The predicted molar refractivity (Wildman–Crippen MR) is 56.1 cm³/mol. The van der Waals surface area contributed by atoms with Crippen LogP contribution in [0.15, 0.2) is 0 Å². The summed E-state index contributed by atoms with van der Waals surface area (Å²) in [6.45, 7) is 5.43. The SMILES string of the molecule is CC(C(=O)O)C(C)N1C(=O)C(C)(C)S1(=O)=O. The quantitative estimate of drug-likeness (QED) is 0.762. The zero-order valence-corrected chi connectivity index (χ0v) is 10.4. The Bertz CT molecular complexity index is 439. The molecule has 1 heterocycles. The third-order valence-electron chi connectivity index (χ3n) is 3.10. The molecule has 1 fully saturated rings. The van der Waals surface area contributed by atoms with E-state index in [0.29, 0.717) is 4.31 Å². The lowest BCUT2D eigenvalue weighted by atomic mass is 10.0. The number of carboxylic acids is 1. The molecule has 1 amide bonds. The molecule has 0 aromatic heterocycles. The first-order valence-corrected chi connectivity index (χ1v) is 6.30. The summed E-state index contributed by atoms with van der Waals surface area (Å²) in [5, 5.41) is 8.77. The normalized spacial score (nSPS) is 25.8. The van der Waals surface area contributed by atoms with Gasteiger partial charge in [-0.25, -0.2) is 12.7 Å². The molecular formula is C9H15NO5S. The molecule has 1 aliphatic heterocycles. The standard InChI is InChI=1S/C9H15NO5S/c1-5(7(11)12)6(2)10-8(13)9(3,4)16(10,14)15/h5-6H,1-4H3,(H,11,12). The summed E-state index contributed by atoms with van der Waals surface area (Å²) in [4.78, 5) is 22.4. The number of carbonyl (C=O) groups is 2. The van der Waals surface area contributed by atoms with Gasteiger partial charge in [0.25, 0.3) is 15.9 Å². The minimum absolute atomic E-state index is 0.548. The maximum atomic E-state index is 11.8. The molecule has 92 valence electrons. The highest BCUT2D eigenvalue weighted by Crippen LogP contribution is 2.38. The van der Waals surface area contributed by atoms with Crippen LogP contribution in [0.5, 0.6) is 0 Å². The van der Waals surface area contributed by atoms with E-state index in [1.54, 1.807) is 0 Å². The van der Waals surface area contributed by atoms with Gasteiger partial charge in [-0.05, 0) is 27.7 Å². The van der Waals surface area contributed by atoms with Crippen LogP contribution < -0.4 is 0 Å². The van der Waals surface area contributed by atoms with E-state index in [2.05, 4.69) is 0 Å². The van der Waals surface area contributed by atoms with Crippen molar-refractivity contribution in [2.75, 3.05) is 0 Å². The van der Waals surface area contributed by atoms with Crippen molar-refractivity contribution in [2.24, 2.45) is 5.92 Å². The van der Waals surface area contributed by atoms with Crippen molar-refractivity contribution in [3.63, 3.8) is 0 Å². The monoisotopic (exact) mass is 249 g/mol. The number of nitrogens with zero attached hydrogens (tertiary/aromatic N) is 1. The Hall–Kier alpha value is -1.11. The van der Waals surface area contributed by atoms with Crippen molar-refractivity contribution in [3.8, 4) is 0 Å². The van der Waals surface area contributed by atoms with Crippen LogP contribution in [0.25, 0.3) is 0 Å². The van der Waals surface area contributed by atoms with Crippen molar-refractivity contribution in [1.82, 2.24) is 4.31 Å².